The van der Waals surface area contributed by atoms with Gasteiger partial charge >= 0.3 is 7.82 Å². The number of ether oxygens (including phenoxy) is 2. The molecule has 6 unspecified atom stereocenters. The monoisotopic (exact) mass is 514 g/mol. The number of carbonyl (C=O) groups is 2. The van der Waals surface area contributed by atoms with E-state index in [4.69, 9.17) is 14.0 Å². The Morgan fingerprint density at radius 1 is 1.21 bits per heavy atom. The lowest BCUT2D eigenvalue weighted by molar-refractivity contribution is -0.270. The second kappa shape index (κ2) is 13.2. The standard InChI is InChI=1S/C19H35N2O12P/c1-11(23)20-16-18(27)17(26)14(9-22)33-19(16)31-6-4-3-5-15(25)21-8-13(24)7-12(21)10-32-34(28,29)30-2/h12-14,16-19,22,24,26-27H,3-10H2,1-2H3,(H,20,23)(H,28,29)/t12-,13+,14?,16?,17?,18?,19?/m0/s1. The maximum Gasteiger partial charge on any atom is 0.471 e. The molecule has 2 amide bonds. The average molecular weight is 514 g/mol. The zero-order valence-corrected chi connectivity index (χ0v) is 20.1. The van der Waals surface area contributed by atoms with Crippen LogP contribution in [0.5, 0.6) is 0 Å². The normalized spacial score (nSPS) is 33.5. The minimum absolute atomic E-state index is 0.0865. The zero-order chi connectivity index (χ0) is 25.5. The summed E-state index contributed by atoms with van der Waals surface area (Å²) in [4.78, 5) is 34.8. The van der Waals surface area contributed by atoms with E-state index in [1.807, 2.05) is 0 Å². The molecular formula is C19H35N2O12P. The Kier molecular flexibility index (Phi) is 11.3. The number of rotatable bonds is 12. The van der Waals surface area contributed by atoms with Gasteiger partial charge in [-0.3, -0.25) is 18.6 Å². The molecule has 0 aliphatic carbocycles. The van der Waals surface area contributed by atoms with Crippen LogP contribution < -0.4 is 5.32 Å². The molecule has 0 bridgehead atoms. The van der Waals surface area contributed by atoms with Gasteiger partial charge in [0, 0.05) is 33.6 Å². The highest BCUT2D eigenvalue weighted by Crippen LogP contribution is 2.42. The fraction of sp³-hybridized carbons (Fsp3) is 0.895. The maximum absolute atomic E-state index is 12.6. The van der Waals surface area contributed by atoms with Gasteiger partial charge in [0.2, 0.25) is 11.8 Å². The molecule has 0 saturated carbocycles. The molecule has 8 atom stereocenters. The molecule has 15 heteroatoms. The quantitative estimate of drug-likeness (QED) is 0.122. The van der Waals surface area contributed by atoms with E-state index in [1.165, 1.54) is 11.8 Å². The van der Waals surface area contributed by atoms with Crippen LogP contribution >= 0.6 is 7.82 Å². The van der Waals surface area contributed by atoms with Crippen LogP contribution in [0.25, 0.3) is 0 Å². The summed E-state index contributed by atoms with van der Waals surface area (Å²) in [5, 5.41) is 41.9. The summed E-state index contributed by atoms with van der Waals surface area (Å²) in [7, 11) is -3.17. The van der Waals surface area contributed by atoms with Crippen LogP contribution in [0, 0.1) is 0 Å². The number of aliphatic hydroxyl groups is 4. The predicted molar refractivity (Wildman–Crippen MR) is 114 cm³/mol. The molecule has 2 rings (SSSR count). The van der Waals surface area contributed by atoms with Crippen molar-refractivity contribution in [3.8, 4) is 0 Å². The number of unbranched alkanes of at least 4 members (excludes halogenated alkanes) is 1. The van der Waals surface area contributed by atoms with Gasteiger partial charge in [0.15, 0.2) is 6.29 Å². The summed E-state index contributed by atoms with van der Waals surface area (Å²) >= 11 is 0. The molecular weight excluding hydrogens is 479 g/mol. The highest BCUT2D eigenvalue weighted by molar-refractivity contribution is 7.47. The van der Waals surface area contributed by atoms with Gasteiger partial charge in [-0.05, 0) is 19.3 Å². The number of likely N-dealkylation sites (tertiary alicyclic amines) is 1. The van der Waals surface area contributed by atoms with E-state index >= 15 is 0 Å². The first-order valence-corrected chi connectivity index (χ1v) is 12.5. The Hall–Kier alpha value is -1.19. The van der Waals surface area contributed by atoms with Crippen molar-refractivity contribution in [2.45, 2.75) is 75.4 Å². The number of hydrogen-bond acceptors (Lipinski definition) is 11. The Balaban J connectivity index is 1.80. The number of aliphatic hydroxyl groups excluding tert-OH is 4. The van der Waals surface area contributed by atoms with Crippen molar-refractivity contribution in [2.75, 3.05) is 33.5 Å². The minimum Gasteiger partial charge on any atom is -0.394 e. The Labute approximate surface area is 197 Å². The van der Waals surface area contributed by atoms with Gasteiger partial charge < -0.3 is 45.0 Å². The van der Waals surface area contributed by atoms with Crippen LogP contribution in [0.2, 0.25) is 0 Å². The number of nitrogens with zero attached hydrogens (tertiary/aromatic N) is 1. The molecule has 6 N–H and O–H groups in total. The summed E-state index contributed by atoms with van der Waals surface area (Å²) in [6, 6.07) is -1.61. The van der Waals surface area contributed by atoms with E-state index < -0.39 is 63.1 Å². The number of nitrogens with one attached hydrogen (secondary N) is 1. The summed E-state index contributed by atoms with van der Waals surface area (Å²) in [6.07, 6.45) is -4.63. The first-order chi connectivity index (χ1) is 16.0. The Morgan fingerprint density at radius 3 is 2.53 bits per heavy atom. The summed E-state index contributed by atoms with van der Waals surface area (Å²) < 4.78 is 31.7. The molecule has 0 aromatic heterocycles. The van der Waals surface area contributed by atoms with Gasteiger partial charge in [0.1, 0.15) is 24.4 Å². The number of hydrogen-bond donors (Lipinski definition) is 6. The highest BCUT2D eigenvalue weighted by Gasteiger charge is 2.45. The lowest BCUT2D eigenvalue weighted by atomic mass is 9.97. The van der Waals surface area contributed by atoms with E-state index in [0.29, 0.717) is 12.8 Å². The molecule has 34 heavy (non-hydrogen) atoms. The van der Waals surface area contributed by atoms with Crippen LogP contribution in [0.1, 0.15) is 32.6 Å². The molecule has 2 heterocycles. The number of phosphoric acid groups is 1. The minimum atomic E-state index is -4.20. The largest absolute Gasteiger partial charge is 0.471 e. The highest BCUT2D eigenvalue weighted by atomic mass is 31.2. The summed E-state index contributed by atoms with van der Waals surface area (Å²) in [5.41, 5.74) is 0. The van der Waals surface area contributed by atoms with Crippen molar-refractivity contribution in [1.82, 2.24) is 10.2 Å². The molecule has 2 fully saturated rings. The molecule has 14 nitrogen and oxygen atoms in total. The summed E-state index contributed by atoms with van der Waals surface area (Å²) in [6.45, 7) is 0.621. The molecule has 198 valence electrons. The third-order valence-corrected chi connectivity index (χ3v) is 6.63. The van der Waals surface area contributed by atoms with Crippen LogP contribution in [0.3, 0.4) is 0 Å². The lowest BCUT2D eigenvalue weighted by Crippen LogP contribution is -2.64. The fourth-order valence-electron chi connectivity index (χ4n) is 3.92. The summed E-state index contributed by atoms with van der Waals surface area (Å²) in [5.74, 6) is -0.727. The van der Waals surface area contributed by atoms with E-state index in [1.54, 1.807) is 0 Å². The first kappa shape index (κ1) is 29.0. The Morgan fingerprint density at radius 2 is 1.91 bits per heavy atom. The van der Waals surface area contributed by atoms with Gasteiger partial charge in [-0.2, -0.15) is 0 Å². The topological polar surface area (TPSA) is 205 Å². The van der Waals surface area contributed by atoms with Gasteiger partial charge in [-0.15, -0.1) is 0 Å². The Bertz CT molecular complexity index is 727. The van der Waals surface area contributed by atoms with Crippen molar-refractivity contribution in [2.24, 2.45) is 0 Å². The van der Waals surface area contributed by atoms with E-state index in [9.17, 15) is 39.5 Å². The van der Waals surface area contributed by atoms with Crippen LogP contribution in [-0.2, 0) is 32.7 Å². The molecule has 2 saturated heterocycles. The lowest BCUT2D eigenvalue weighted by Gasteiger charge is -2.42. The number of amides is 2. The number of phosphoric ester groups is 1. The first-order valence-electron chi connectivity index (χ1n) is 11.0. The molecule has 0 spiro atoms. The fourth-order valence-corrected chi connectivity index (χ4v) is 4.39. The average Bonchev–Trinajstić information content (AvgIpc) is 3.17. The molecule has 2 aliphatic rings. The van der Waals surface area contributed by atoms with Gasteiger partial charge in [-0.25, -0.2) is 4.57 Å². The van der Waals surface area contributed by atoms with Crippen molar-refractivity contribution in [1.29, 1.82) is 0 Å². The van der Waals surface area contributed by atoms with Gasteiger partial charge in [0.05, 0.1) is 25.4 Å². The van der Waals surface area contributed by atoms with E-state index in [2.05, 4.69) is 9.84 Å². The second-order valence-electron chi connectivity index (χ2n) is 8.30. The maximum atomic E-state index is 12.6. The molecule has 0 aromatic carbocycles. The molecule has 0 aromatic rings. The predicted octanol–water partition coefficient (Wildman–Crippen LogP) is -2.16. The van der Waals surface area contributed by atoms with Crippen molar-refractivity contribution < 1.29 is 58.0 Å². The van der Waals surface area contributed by atoms with Crippen molar-refractivity contribution in [3.05, 3.63) is 0 Å². The zero-order valence-electron chi connectivity index (χ0n) is 19.2. The van der Waals surface area contributed by atoms with Crippen LogP contribution in [0.15, 0.2) is 0 Å². The number of β-amino-alcohol motifs (C(OH)–C–C–N with tert-alkyl or cyclic N) is 1. The van der Waals surface area contributed by atoms with Crippen molar-refractivity contribution >= 4 is 19.6 Å². The molecule has 0 radical (unpaired) electrons. The van der Waals surface area contributed by atoms with Gasteiger partial charge in [-0.1, -0.05) is 0 Å². The molecule has 2 aliphatic heterocycles. The van der Waals surface area contributed by atoms with Crippen LogP contribution in [-0.4, -0.2) is 118 Å². The van der Waals surface area contributed by atoms with Crippen molar-refractivity contribution in [3.63, 3.8) is 0 Å². The third-order valence-electron chi connectivity index (χ3n) is 5.69. The third kappa shape index (κ3) is 8.19. The number of carbonyl (C=O) groups excluding carboxylic acids is 2. The van der Waals surface area contributed by atoms with E-state index in [-0.39, 0.29) is 38.5 Å². The SMILES string of the molecule is COP(=O)(O)OC[C@@H]1C[C@@H](O)CN1C(=O)CCCCOC1OC(CO)C(O)C(O)C1NC(C)=O. The van der Waals surface area contributed by atoms with Crippen LogP contribution in [0.4, 0.5) is 0 Å². The van der Waals surface area contributed by atoms with E-state index in [0.717, 1.165) is 7.11 Å². The smallest absolute Gasteiger partial charge is 0.394 e. The second-order valence-corrected chi connectivity index (χ2v) is 9.86. The van der Waals surface area contributed by atoms with Gasteiger partial charge in [0.25, 0.3) is 0 Å².